The third-order valence-electron chi connectivity index (χ3n) is 5.27. The van der Waals surface area contributed by atoms with Gasteiger partial charge in [0.05, 0.1) is 12.0 Å². The fourth-order valence-electron chi connectivity index (χ4n) is 4.01. The zero-order valence-electron chi connectivity index (χ0n) is 13.9. The van der Waals surface area contributed by atoms with Gasteiger partial charge in [-0.3, -0.25) is 4.99 Å². The number of anilines is 1. The molecular weight excluding hydrogens is 300 g/mol. The van der Waals surface area contributed by atoms with Crippen molar-refractivity contribution in [1.82, 2.24) is 9.97 Å². The number of nitrogen functional groups attached to an aromatic ring is 1. The van der Waals surface area contributed by atoms with E-state index in [0.29, 0.717) is 17.4 Å². The second-order valence-electron chi connectivity index (χ2n) is 6.96. The number of aliphatic imine (C=N–C) groups is 1. The standard InChI is InChI=1S/C19H24N4O/c20-19-22-16-14(9-4-8-13-6-2-1-3-7-13)12-21-18(16)17(23-19)15-10-5-11-24-15/h5,10-14H,1-4,6-9H2,(H2,20,22,23). The van der Waals surface area contributed by atoms with Crippen LogP contribution in [0.3, 0.4) is 0 Å². The molecule has 1 unspecified atom stereocenters. The van der Waals surface area contributed by atoms with Gasteiger partial charge in [0.25, 0.3) is 0 Å². The van der Waals surface area contributed by atoms with Gasteiger partial charge in [0, 0.05) is 12.1 Å². The maximum atomic E-state index is 5.93. The lowest BCUT2D eigenvalue weighted by molar-refractivity contribution is 0.329. The van der Waals surface area contributed by atoms with Crippen LogP contribution in [-0.4, -0.2) is 16.2 Å². The molecule has 3 heterocycles. The number of aromatic nitrogens is 2. The molecule has 0 saturated heterocycles. The summed E-state index contributed by atoms with van der Waals surface area (Å²) in [7, 11) is 0. The van der Waals surface area contributed by atoms with Crippen molar-refractivity contribution in [2.24, 2.45) is 10.9 Å². The third-order valence-corrected chi connectivity index (χ3v) is 5.27. The third kappa shape index (κ3) is 3.07. The molecule has 0 amide bonds. The normalized spacial score (nSPS) is 20.4. The Bertz CT molecular complexity index is 717. The highest BCUT2D eigenvalue weighted by molar-refractivity contribution is 5.86. The topological polar surface area (TPSA) is 77.3 Å². The van der Waals surface area contributed by atoms with E-state index in [1.165, 1.54) is 44.9 Å². The van der Waals surface area contributed by atoms with E-state index in [9.17, 15) is 0 Å². The number of nitrogens with zero attached hydrogens (tertiary/aromatic N) is 3. The maximum absolute atomic E-state index is 5.93. The van der Waals surface area contributed by atoms with Gasteiger partial charge in [0.15, 0.2) is 5.76 Å². The molecule has 5 heteroatoms. The first-order valence-electron chi connectivity index (χ1n) is 9.07. The predicted octanol–water partition coefficient (Wildman–Crippen LogP) is 4.87. The van der Waals surface area contributed by atoms with Gasteiger partial charge >= 0.3 is 0 Å². The fourth-order valence-corrected chi connectivity index (χ4v) is 4.01. The van der Waals surface area contributed by atoms with Crippen LogP contribution < -0.4 is 5.73 Å². The Morgan fingerprint density at radius 2 is 2.00 bits per heavy atom. The van der Waals surface area contributed by atoms with Crippen molar-refractivity contribution < 1.29 is 4.42 Å². The largest absolute Gasteiger partial charge is 0.463 e. The van der Waals surface area contributed by atoms with Gasteiger partial charge in [-0.05, 0) is 24.5 Å². The molecule has 1 saturated carbocycles. The van der Waals surface area contributed by atoms with Crippen molar-refractivity contribution in [3.8, 4) is 11.5 Å². The second-order valence-corrected chi connectivity index (χ2v) is 6.96. The molecule has 1 aliphatic heterocycles. The molecule has 2 N–H and O–H groups in total. The van der Waals surface area contributed by atoms with E-state index in [-0.39, 0.29) is 5.92 Å². The lowest BCUT2D eigenvalue weighted by atomic mass is 9.85. The summed E-state index contributed by atoms with van der Waals surface area (Å²) in [5, 5.41) is 0. The summed E-state index contributed by atoms with van der Waals surface area (Å²) < 4.78 is 5.48. The first-order valence-corrected chi connectivity index (χ1v) is 9.07. The van der Waals surface area contributed by atoms with Crippen LogP contribution in [0, 0.1) is 5.92 Å². The molecule has 0 bridgehead atoms. The number of nitrogens with two attached hydrogens (primary N) is 1. The second kappa shape index (κ2) is 6.75. The minimum absolute atomic E-state index is 0.252. The van der Waals surface area contributed by atoms with Crippen LogP contribution in [0.5, 0.6) is 0 Å². The minimum Gasteiger partial charge on any atom is -0.463 e. The Morgan fingerprint density at radius 3 is 2.79 bits per heavy atom. The Hall–Kier alpha value is -2.17. The monoisotopic (exact) mass is 324 g/mol. The van der Waals surface area contributed by atoms with Gasteiger partial charge in [-0.25, -0.2) is 9.97 Å². The number of furan rings is 1. The van der Waals surface area contributed by atoms with Crippen LogP contribution >= 0.6 is 0 Å². The lowest BCUT2D eigenvalue weighted by Crippen LogP contribution is -2.08. The van der Waals surface area contributed by atoms with E-state index in [4.69, 9.17) is 10.2 Å². The highest BCUT2D eigenvalue weighted by Crippen LogP contribution is 2.41. The van der Waals surface area contributed by atoms with Crippen LogP contribution in [0.15, 0.2) is 27.8 Å². The molecule has 0 spiro atoms. The predicted molar refractivity (Wildman–Crippen MR) is 95.5 cm³/mol. The van der Waals surface area contributed by atoms with Gasteiger partial charge in [0.2, 0.25) is 5.95 Å². The smallest absolute Gasteiger partial charge is 0.221 e. The van der Waals surface area contributed by atoms with Crippen LogP contribution in [0.1, 0.15) is 63.0 Å². The molecule has 2 aromatic rings. The molecule has 0 radical (unpaired) electrons. The van der Waals surface area contributed by atoms with Crippen LogP contribution in [-0.2, 0) is 0 Å². The fraction of sp³-hybridized carbons (Fsp3) is 0.526. The molecule has 1 fully saturated rings. The van der Waals surface area contributed by atoms with Gasteiger partial charge in [-0.2, -0.15) is 0 Å². The van der Waals surface area contributed by atoms with E-state index in [1.54, 1.807) is 6.26 Å². The molecule has 2 aliphatic rings. The molecule has 126 valence electrons. The molecule has 24 heavy (non-hydrogen) atoms. The van der Waals surface area contributed by atoms with E-state index in [1.807, 2.05) is 18.3 Å². The molecule has 1 aliphatic carbocycles. The van der Waals surface area contributed by atoms with Gasteiger partial charge in [0.1, 0.15) is 11.4 Å². The van der Waals surface area contributed by atoms with Crippen LogP contribution in [0.25, 0.3) is 11.5 Å². The molecule has 2 aromatic heterocycles. The van der Waals surface area contributed by atoms with Crippen LogP contribution in [0.4, 0.5) is 11.6 Å². The SMILES string of the molecule is Nc1nc(-c2ccco2)c2c(n1)C(CCCC1CCCCC1)C=N2. The average molecular weight is 324 g/mol. The van der Waals surface area contributed by atoms with E-state index < -0.39 is 0 Å². The van der Waals surface area contributed by atoms with Crippen LogP contribution in [0.2, 0.25) is 0 Å². The number of hydrogen-bond acceptors (Lipinski definition) is 5. The minimum atomic E-state index is 0.252. The van der Waals surface area contributed by atoms with Crippen molar-refractivity contribution in [3.63, 3.8) is 0 Å². The van der Waals surface area contributed by atoms with E-state index in [2.05, 4.69) is 15.0 Å². The number of rotatable bonds is 5. The molecular formula is C19H24N4O. The average Bonchev–Trinajstić information content (AvgIpc) is 3.26. The number of fused-ring (bicyclic) bond motifs is 1. The Labute approximate surface area is 142 Å². The first kappa shape index (κ1) is 15.4. The molecule has 4 rings (SSSR count). The van der Waals surface area contributed by atoms with Gasteiger partial charge in [-0.1, -0.05) is 44.9 Å². The van der Waals surface area contributed by atoms with Crippen molar-refractivity contribution in [1.29, 1.82) is 0 Å². The highest BCUT2D eigenvalue weighted by atomic mass is 16.3. The molecule has 0 aromatic carbocycles. The van der Waals surface area contributed by atoms with Crippen molar-refractivity contribution in [2.75, 3.05) is 5.73 Å². The van der Waals surface area contributed by atoms with E-state index >= 15 is 0 Å². The molecule has 5 nitrogen and oxygen atoms in total. The van der Waals surface area contributed by atoms with Gasteiger partial charge < -0.3 is 10.2 Å². The summed E-state index contributed by atoms with van der Waals surface area (Å²) in [6, 6.07) is 3.73. The summed E-state index contributed by atoms with van der Waals surface area (Å²) in [5.41, 5.74) is 8.41. The Kier molecular flexibility index (Phi) is 4.32. The Morgan fingerprint density at radius 1 is 1.12 bits per heavy atom. The van der Waals surface area contributed by atoms with Crippen molar-refractivity contribution in [3.05, 3.63) is 24.1 Å². The quantitative estimate of drug-likeness (QED) is 0.851. The summed E-state index contributed by atoms with van der Waals surface area (Å²) in [5.74, 6) is 2.16. The highest BCUT2D eigenvalue weighted by Gasteiger charge is 2.26. The summed E-state index contributed by atoms with van der Waals surface area (Å²) >= 11 is 0. The summed E-state index contributed by atoms with van der Waals surface area (Å²) in [6.07, 6.45) is 14.3. The van der Waals surface area contributed by atoms with Gasteiger partial charge in [-0.15, -0.1) is 0 Å². The number of hydrogen-bond donors (Lipinski definition) is 1. The van der Waals surface area contributed by atoms with E-state index in [0.717, 1.165) is 23.7 Å². The lowest BCUT2D eigenvalue weighted by Gasteiger charge is -2.21. The summed E-state index contributed by atoms with van der Waals surface area (Å²) in [6.45, 7) is 0. The summed E-state index contributed by atoms with van der Waals surface area (Å²) in [4.78, 5) is 13.4. The van der Waals surface area contributed by atoms with Crippen molar-refractivity contribution >= 4 is 17.9 Å². The maximum Gasteiger partial charge on any atom is 0.221 e. The van der Waals surface area contributed by atoms with Crippen molar-refractivity contribution in [2.45, 2.75) is 57.3 Å². The Balaban J connectivity index is 1.47. The first-order chi connectivity index (χ1) is 11.8. The zero-order valence-corrected chi connectivity index (χ0v) is 13.9. The zero-order chi connectivity index (χ0) is 16.4. The molecule has 1 atom stereocenters.